The van der Waals surface area contributed by atoms with Crippen molar-refractivity contribution in [1.82, 2.24) is 25.1 Å². The molecule has 140 valence electrons. The molecule has 2 aromatic carbocycles. The molecule has 0 aliphatic rings. The molecule has 0 unspecified atom stereocenters. The Bertz CT molecular complexity index is 1130. The van der Waals surface area contributed by atoms with Gasteiger partial charge in [-0.15, -0.1) is 10.2 Å². The number of fused-ring (bicyclic) bond motifs is 1. The van der Waals surface area contributed by atoms with Gasteiger partial charge in [-0.3, -0.25) is 4.79 Å². The van der Waals surface area contributed by atoms with Gasteiger partial charge in [-0.2, -0.15) is 9.61 Å². The van der Waals surface area contributed by atoms with Crippen LogP contribution in [0.3, 0.4) is 0 Å². The number of benzene rings is 2. The zero-order chi connectivity index (χ0) is 19.5. The number of carbonyl (C=O) groups is 1. The Kier molecular flexibility index (Phi) is 4.85. The van der Waals surface area contributed by atoms with Gasteiger partial charge in [0.25, 0.3) is 0 Å². The number of aryl methyl sites for hydroxylation is 2. The van der Waals surface area contributed by atoms with Crippen molar-refractivity contribution < 1.29 is 4.79 Å². The van der Waals surface area contributed by atoms with E-state index in [1.165, 1.54) is 5.56 Å². The summed E-state index contributed by atoms with van der Waals surface area (Å²) in [6.07, 6.45) is 0.339. The first kappa shape index (κ1) is 17.9. The number of carbonyl (C=O) groups excluding carboxylic acids is 1. The van der Waals surface area contributed by atoms with E-state index in [9.17, 15) is 4.79 Å². The van der Waals surface area contributed by atoms with Crippen LogP contribution < -0.4 is 5.32 Å². The van der Waals surface area contributed by atoms with Crippen LogP contribution in [-0.4, -0.2) is 25.7 Å². The molecule has 1 N–H and O–H groups in total. The van der Waals surface area contributed by atoms with Gasteiger partial charge in [-0.25, -0.2) is 0 Å². The molecular formula is C22H21N5O. The van der Waals surface area contributed by atoms with Crippen molar-refractivity contribution in [2.45, 2.75) is 26.8 Å². The highest BCUT2D eigenvalue weighted by atomic mass is 16.1. The normalized spacial score (nSPS) is 10.9. The van der Waals surface area contributed by atoms with Gasteiger partial charge in [0.2, 0.25) is 5.91 Å². The summed E-state index contributed by atoms with van der Waals surface area (Å²) in [6.45, 7) is 4.33. The molecule has 28 heavy (non-hydrogen) atoms. The molecular weight excluding hydrogens is 350 g/mol. The summed E-state index contributed by atoms with van der Waals surface area (Å²) in [5.41, 5.74) is 5.83. The Morgan fingerprint density at radius 1 is 0.964 bits per heavy atom. The number of hydrogen-bond acceptors (Lipinski definition) is 4. The Balaban J connectivity index is 1.51. The SMILES string of the molecule is Cc1ccc(-c2ccc3nnc(CNC(=O)Cc4ccccc4C)n3n2)cc1. The monoisotopic (exact) mass is 371 g/mol. The summed E-state index contributed by atoms with van der Waals surface area (Å²) in [5, 5.41) is 15.9. The van der Waals surface area contributed by atoms with Gasteiger partial charge in [0.05, 0.1) is 18.7 Å². The fourth-order valence-electron chi connectivity index (χ4n) is 3.04. The minimum atomic E-state index is -0.0549. The largest absolute Gasteiger partial charge is 0.348 e. The highest BCUT2D eigenvalue weighted by Gasteiger charge is 2.11. The number of amides is 1. The lowest BCUT2D eigenvalue weighted by atomic mass is 10.1. The second-order valence-electron chi connectivity index (χ2n) is 6.85. The van der Waals surface area contributed by atoms with E-state index < -0.39 is 0 Å². The maximum atomic E-state index is 12.3. The molecule has 0 fully saturated rings. The van der Waals surface area contributed by atoms with Crippen molar-refractivity contribution in [2.24, 2.45) is 0 Å². The van der Waals surface area contributed by atoms with Crippen molar-refractivity contribution in [3.8, 4) is 11.3 Å². The lowest BCUT2D eigenvalue weighted by Crippen LogP contribution is -2.26. The van der Waals surface area contributed by atoms with Crippen LogP contribution in [0.15, 0.2) is 60.7 Å². The summed E-state index contributed by atoms with van der Waals surface area (Å²) in [5.74, 6) is 0.544. The van der Waals surface area contributed by atoms with E-state index in [1.54, 1.807) is 4.52 Å². The third kappa shape index (κ3) is 3.76. The standard InChI is InChI=1S/C22H21N5O/c1-15-7-9-17(10-8-15)19-11-12-20-24-25-21(27(20)26-19)14-23-22(28)13-18-6-4-3-5-16(18)2/h3-12H,13-14H2,1-2H3,(H,23,28). The second-order valence-corrected chi connectivity index (χ2v) is 6.85. The van der Waals surface area contributed by atoms with Crippen LogP contribution in [0.5, 0.6) is 0 Å². The van der Waals surface area contributed by atoms with Gasteiger partial charge in [0.1, 0.15) is 0 Å². The molecule has 0 atom stereocenters. The van der Waals surface area contributed by atoms with E-state index in [2.05, 4.69) is 39.7 Å². The van der Waals surface area contributed by atoms with E-state index in [-0.39, 0.29) is 12.5 Å². The van der Waals surface area contributed by atoms with Gasteiger partial charge in [0, 0.05) is 5.56 Å². The molecule has 6 heteroatoms. The molecule has 1 amide bonds. The van der Waals surface area contributed by atoms with E-state index >= 15 is 0 Å². The molecule has 0 spiro atoms. The lowest BCUT2D eigenvalue weighted by molar-refractivity contribution is -0.120. The molecule has 6 nitrogen and oxygen atoms in total. The average molecular weight is 371 g/mol. The van der Waals surface area contributed by atoms with Crippen LogP contribution in [0.4, 0.5) is 0 Å². The van der Waals surface area contributed by atoms with Gasteiger partial charge >= 0.3 is 0 Å². The van der Waals surface area contributed by atoms with Crippen LogP contribution in [0.2, 0.25) is 0 Å². The molecule has 0 saturated carbocycles. The number of nitrogens with one attached hydrogen (secondary N) is 1. The predicted molar refractivity (Wildman–Crippen MR) is 108 cm³/mol. The van der Waals surface area contributed by atoms with Gasteiger partial charge in [0.15, 0.2) is 11.5 Å². The van der Waals surface area contributed by atoms with E-state index in [4.69, 9.17) is 0 Å². The highest BCUT2D eigenvalue weighted by Crippen LogP contribution is 2.18. The number of aromatic nitrogens is 4. The van der Waals surface area contributed by atoms with Crippen molar-refractivity contribution >= 4 is 11.6 Å². The van der Waals surface area contributed by atoms with Gasteiger partial charge in [-0.05, 0) is 37.1 Å². The smallest absolute Gasteiger partial charge is 0.224 e. The average Bonchev–Trinajstić information content (AvgIpc) is 3.11. The first-order valence-electron chi connectivity index (χ1n) is 9.20. The molecule has 0 radical (unpaired) electrons. The first-order chi connectivity index (χ1) is 13.6. The predicted octanol–water partition coefficient (Wildman–Crippen LogP) is 3.27. The fraction of sp³-hybridized carbons (Fsp3) is 0.182. The van der Waals surface area contributed by atoms with Crippen molar-refractivity contribution in [3.05, 3.63) is 83.2 Å². The Hall–Kier alpha value is -3.54. The number of rotatable bonds is 5. The second kappa shape index (κ2) is 7.60. The summed E-state index contributed by atoms with van der Waals surface area (Å²) < 4.78 is 1.68. The topological polar surface area (TPSA) is 72.2 Å². The van der Waals surface area contributed by atoms with E-state index in [0.29, 0.717) is 17.9 Å². The van der Waals surface area contributed by atoms with E-state index in [1.807, 2.05) is 55.5 Å². The van der Waals surface area contributed by atoms with Crippen LogP contribution in [0, 0.1) is 13.8 Å². The van der Waals surface area contributed by atoms with Crippen LogP contribution in [0.1, 0.15) is 22.5 Å². The third-order valence-corrected chi connectivity index (χ3v) is 4.73. The summed E-state index contributed by atoms with van der Waals surface area (Å²) in [7, 11) is 0. The zero-order valence-corrected chi connectivity index (χ0v) is 15.9. The molecule has 0 saturated heterocycles. The summed E-state index contributed by atoms with van der Waals surface area (Å²) in [6, 6.07) is 19.9. The minimum Gasteiger partial charge on any atom is -0.348 e. The molecule has 0 aliphatic heterocycles. The molecule has 0 bridgehead atoms. The zero-order valence-electron chi connectivity index (χ0n) is 15.9. The Morgan fingerprint density at radius 2 is 1.75 bits per heavy atom. The lowest BCUT2D eigenvalue weighted by Gasteiger charge is -2.07. The van der Waals surface area contributed by atoms with Gasteiger partial charge in [-0.1, -0.05) is 54.1 Å². The highest BCUT2D eigenvalue weighted by molar-refractivity contribution is 5.78. The maximum Gasteiger partial charge on any atom is 0.224 e. The molecule has 2 heterocycles. The Labute approximate surface area is 163 Å². The summed E-state index contributed by atoms with van der Waals surface area (Å²) in [4.78, 5) is 12.3. The third-order valence-electron chi connectivity index (χ3n) is 4.73. The van der Waals surface area contributed by atoms with Crippen LogP contribution >= 0.6 is 0 Å². The fourth-order valence-corrected chi connectivity index (χ4v) is 3.04. The molecule has 4 rings (SSSR count). The van der Waals surface area contributed by atoms with Crippen molar-refractivity contribution in [1.29, 1.82) is 0 Å². The number of nitrogens with zero attached hydrogens (tertiary/aromatic N) is 4. The minimum absolute atomic E-state index is 0.0549. The summed E-state index contributed by atoms with van der Waals surface area (Å²) >= 11 is 0. The van der Waals surface area contributed by atoms with Gasteiger partial charge < -0.3 is 5.32 Å². The van der Waals surface area contributed by atoms with Crippen molar-refractivity contribution in [3.63, 3.8) is 0 Å². The number of hydrogen-bond donors (Lipinski definition) is 1. The molecule has 4 aromatic rings. The quantitative estimate of drug-likeness (QED) is 0.584. The maximum absolute atomic E-state index is 12.3. The van der Waals surface area contributed by atoms with Crippen molar-refractivity contribution in [2.75, 3.05) is 0 Å². The van der Waals surface area contributed by atoms with E-state index in [0.717, 1.165) is 22.4 Å². The molecule has 0 aliphatic carbocycles. The molecule has 2 aromatic heterocycles. The van der Waals surface area contributed by atoms with Crippen LogP contribution in [-0.2, 0) is 17.8 Å². The first-order valence-corrected chi connectivity index (χ1v) is 9.20. The Morgan fingerprint density at radius 3 is 2.54 bits per heavy atom. The van der Waals surface area contributed by atoms with Crippen LogP contribution in [0.25, 0.3) is 16.9 Å².